The molecule has 33 heavy (non-hydrogen) atoms. The molecule has 0 amide bonds. The number of anilines is 2. The van der Waals surface area contributed by atoms with Gasteiger partial charge in [0, 0.05) is 52.0 Å². The van der Waals surface area contributed by atoms with E-state index in [2.05, 4.69) is 47.3 Å². The van der Waals surface area contributed by atoms with Gasteiger partial charge in [0.1, 0.15) is 11.6 Å². The summed E-state index contributed by atoms with van der Waals surface area (Å²) in [6.45, 7) is 1.37. The van der Waals surface area contributed by atoms with E-state index in [1.165, 1.54) is 12.8 Å². The van der Waals surface area contributed by atoms with E-state index in [1.807, 2.05) is 18.3 Å². The number of benzene rings is 1. The predicted octanol–water partition coefficient (Wildman–Crippen LogP) is 3.85. The highest BCUT2D eigenvalue weighted by molar-refractivity contribution is 14.0. The quantitative estimate of drug-likeness (QED) is 0.299. The number of ether oxygens (including phenoxy) is 1. The molecule has 2 aliphatic heterocycles. The second-order valence-corrected chi connectivity index (χ2v) is 8.07. The number of pyridine rings is 1. The van der Waals surface area contributed by atoms with Crippen molar-refractivity contribution in [3.05, 3.63) is 48.2 Å². The highest BCUT2D eigenvalue weighted by Crippen LogP contribution is 2.31. The maximum atomic E-state index is 12.7. The SMILES string of the molecule is CN=C(NCc1ccc(N2CCCC2)nc1)NC1CCN(c2ccccc2OC(F)F)C1.I. The summed E-state index contributed by atoms with van der Waals surface area (Å²) >= 11 is 0. The fourth-order valence-corrected chi connectivity index (χ4v) is 4.24. The van der Waals surface area contributed by atoms with Gasteiger partial charge in [-0.1, -0.05) is 18.2 Å². The Morgan fingerprint density at radius 2 is 1.94 bits per heavy atom. The van der Waals surface area contributed by atoms with Gasteiger partial charge in [0.2, 0.25) is 0 Å². The lowest BCUT2D eigenvalue weighted by Crippen LogP contribution is -2.44. The topological polar surface area (TPSA) is 65.0 Å². The molecule has 1 aromatic heterocycles. The van der Waals surface area contributed by atoms with Crippen LogP contribution in [-0.4, -0.2) is 56.8 Å². The Hall–Kier alpha value is -2.37. The van der Waals surface area contributed by atoms with E-state index in [4.69, 9.17) is 0 Å². The molecule has 1 unspecified atom stereocenters. The second kappa shape index (κ2) is 12.2. The van der Waals surface area contributed by atoms with Crippen molar-refractivity contribution in [2.45, 2.75) is 38.5 Å². The number of rotatable bonds is 7. The summed E-state index contributed by atoms with van der Waals surface area (Å²) in [6, 6.07) is 11.2. The Morgan fingerprint density at radius 3 is 2.64 bits per heavy atom. The average molecular weight is 572 g/mol. The van der Waals surface area contributed by atoms with Crippen LogP contribution < -0.4 is 25.2 Å². The lowest BCUT2D eigenvalue weighted by Gasteiger charge is -2.22. The summed E-state index contributed by atoms with van der Waals surface area (Å²) in [5.41, 5.74) is 1.77. The smallest absolute Gasteiger partial charge is 0.387 e. The zero-order valence-electron chi connectivity index (χ0n) is 18.7. The van der Waals surface area contributed by atoms with Gasteiger partial charge < -0.3 is 25.2 Å². The zero-order chi connectivity index (χ0) is 22.3. The molecular weight excluding hydrogens is 541 g/mol. The standard InChI is InChI=1S/C23H30F2N6O.HI/c1-26-23(28-15-17-8-9-21(27-14-17)30-11-4-5-12-30)29-18-10-13-31(16-18)19-6-2-3-7-20(19)32-22(24)25;/h2-3,6-9,14,18,22H,4-5,10-13,15-16H2,1H3,(H2,26,28,29);1H. The number of para-hydroxylation sites is 2. The Kier molecular flexibility index (Phi) is 9.33. The minimum absolute atomic E-state index is 0. The van der Waals surface area contributed by atoms with Crippen LogP contribution in [0.4, 0.5) is 20.3 Å². The van der Waals surface area contributed by atoms with Gasteiger partial charge in [-0.2, -0.15) is 8.78 Å². The molecule has 1 aromatic carbocycles. The van der Waals surface area contributed by atoms with Crippen molar-refractivity contribution >= 4 is 41.4 Å². The van der Waals surface area contributed by atoms with Gasteiger partial charge in [-0.15, -0.1) is 24.0 Å². The van der Waals surface area contributed by atoms with Crippen molar-refractivity contribution in [3.63, 3.8) is 0 Å². The first kappa shape index (κ1) is 25.3. The van der Waals surface area contributed by atoms with Gasteiger partial charge in [-0.25, -0.2) is 4.98 Å². The van der Waals surface area contributed by atoms with Crippen molar-refractivity contribution in [3.8, 4) is 5.75 Å². The van der Waals surface area contributed by atoms with Gasteiger partial charge in [0.15, 0.2) is 5.96 Å². The molecule has 2 fully saturated rings. The fraction of sp³-hybridized carbons (Fsp3) is 0.478. The monoisotopic (exact) mass is 572 g/mol. The molecule has 0 bridgehead atoms. The molecular formula is C23H31F2IN6O. The molecule has 3 heterocycles. The number of hydrogen-bond acceptors (Lipinski definition) is 5. The van der Waals surface area contributed by atoms with Crippen LogP contribution in [0.15, 0.2) is 47.6 Å². The lowest BCUT2D eigenvalue weighted by molar-refractivity contribution is -0.0495. The summed E-state index contributed by atoms with van der Waals surface area (Å²) in [7, 11) is 1.74. The number of nitrogens with one attached hydrogen (secondary N) is 2. The summed E-state index contributed by atoms with van der Waals surface area (Å²) in [5.74, 6) is 1.95. The van der Waals surface area contributed by atoms with Crippen LogP contribution >= 0.6 is 24.0 Å². The Bertz CT molecular complexity index is 908. The molecule has 2 N–H and O–H groups in total. The summed E-state index contributed by atoms with van der Waals surface area (Å²) in [4.78, 5) is 13.3. The van der Waals surface area contributed by atoms with Crippen molar-refractivity contribution in [1.29, 1.82) is 0 Å². The zero-order valence-corrected chi connectivity index (χ0v) is 21.0. The first-order valence-electron chi connectivity index (χ1n) is 11.1. The van der Waals surface area contributed by atoms with Crippen LogP contribution in [0, 0.1) is 0 Å². The van der Waals surface area contributed by atoms with Gasteiger partial charge in [0.25, 0.3) is 0 Å². The Morgan fingerprint density at radius 1 is 1.15 bits per heavy atom. The molecule has 0 saturated carbocycles. The number of halogens is 3. The van der Waals surface area contributed by atoms with Crippen LogP contribution in [0.2, 0.25) is 0 Å². The first-order valence-corrected chi connectivity index (χ1v) is 11.1. The molecule has 2 saturated heterocycles. The summed E-state index contributed by atoms with van der Waals surface area (Å²) < 4.78 is 30.1. The minimum Gasteiger partial charge on any atom is -0.433 e. The van der Waals surface area contributed by atoms with E-state index in [0.29, 0.717) is 24.7 Å². The number of aliphatic imine (C=N–C) groups is 1. The van der Waals surface area contributed by atoms with E-state index < -0.39 is 6.61 Å². The molecule has 180 valence electrons. The number of alkyl halides is 2. The van der Waals surface area contributed by atoms with Crippen molar-refractivity contribution in [2.75, 3.05) is 43.0 Å². The normalized spacial score (nSPS) is 18.4. The number of aromatic nitrogens is 1. The largest absolute Gasteiger partial charge is 0.433 e. The van der Waals surface area contributed by atoms with Crippen LogP contribution in [0.1, 0.15) is 24.8 Å². The highest BCUT2D eigenvalue weighted by atomic mass is 127. The molecule has 7 nitrogen and oxygen atoms in total. The molecule has 2 aromatic rings. The molecule has 4 rings (SSSR count). The van der Waals surface area contributed by atoms with Gasteiger partial charge in [-0.05, 0) is 43.0 Å². The number of hydrogen-bond donors (Lipinski definition) is 2. The van der Waals surface area contributed by atoms with Crippen molar-refractivity contribution < 1.29 is 13.5 Å². The van der Waals surface area contributed by atoms with Crippen LogP contribution in [-0.2, 0) is 6.54 Å². The average Bonchev–Trinajstić information content (AvgIpc) is 3.49. The van der Waals surface area contributed by atoms with E-state index in [-0.39, 0.29) is 35.8 Å². The first-order chi connectivity index (χ1) is 15.6. The summed E-state index contributed by atoms with van der Waals surface area (Å²) in [6.07, 6.45) is 5.24. The van der Waals surface area contributed by atoms with Gasteiger partial charge >= 0.3 is 6.61 Å². The molecule has 0 aliphatic carbocycles. The third-order valence-corrected chi connectivity index (χ3v) is 5.87. The maximum absolute atomic E-state index is 12.7. The fourth-order valence-electron chi connectivity index (χ4n) is 4.24. The lowest BCUT2D eigenvalue weighted by atomic mass is 10.2. The predicted molar refractivity (Wildman–Crippen MR) is 138 cm³/mol. The molecule has 0 radical (unpaired) electrons. The van der Waals surface area contributed by atoms with Crippen molar-refractivity contribution in [1.82, 2.24) is 15.6 Å². The Labute approximate surface area is 210 Å². The summed E-state index contributed by atoms with van der Waals surface area (Å²) in [5, 5.41) is 6.77. The number of guanidine groups is 1. The molecule has 0 spiro atoms. The van der Waals surface area contributed by atoms with E-state index in [0.717, 1.165) is 37.4 Å². The number of nitrogens with zero attached hydrogens (tertiary/aromatic N) is 4. The maximum Gasteiger partial charge on any atom is 0.387 e. The van der Waals surface area contributed by atoms with Crippen molar-refractivity contribution in [2.24, 2.45) is 4.99 Å². The third kappa shape index (κ3) is 6.81. The van der Waals surface area contributed by atoms with Gasteiger partial charge in [-0.3, -0.25) is 4.99 Å². The van der Waals surface area contributed by atoms with Gasteiger partial charge in [0.05, 0.1) is 5.69 Å². The van der Waals surface area contributed by atoms with E-state index in [1.54, 1.807) is 19.2 Å². The third-order valence-electron chi connectivity index (χ3n) is 5.87. The van der Waals surface area contributed by atoms with Crippen LogP contribution in [0.5, 0.6) is 5.75 Å². The second-order valence-electron chi connectivity index (χ2n) is 8.07. The van der Waals surface area contributed by atoms with E-state index >= 15 is 0 Å². The Balaban J connectivity index is 0.00000306. The molecule has 2 aliphatic rings. The molecule has 1 atom stereocenters. The van der Waals surface area contributed by atoms with E-state index in [9.17, 15) is 8.78 Å². The molecule has 10 heteroatoms. The minimum atomic E-state index is -2.84. The van der Waals surface area contributed by atoms with Crippen LogP contribution in [0.25, 0.3) is 0 Å². The highest BCUT2D eigenvalue weighted by Gasteiger charge is 2.26. The van der Waals surface area contributed by atoms with Crippen LogP contribution in [0.3, 0.4) is 0 Å².